The number of hydrogen-bond donors (Lipinski definition) is 0. The summed E-state index contributed by atoms with van der Waals surface area (Å²) in [5.74, 6) is 0. The van der Waals surface area contributed by atoms with Crippen molar-refractivity contribution in [2.75, 3.05) is 0 Å². The van der Waals surface area contributed by atoms with Gasteiger partial charge in [0.1, 0.15) is 0 Å². The molecule has 24 heavy (non-hydrogen) atoms. The van der Waals surface area contributed by atoms with E-state index in [4.69, 9.17) is 0 Å². The highest BCUT2D eigenvalue weighted by Crippen LogP contribution is 2.53. The highest BCUT2D eigenvalue weighted by Gasteiger charge is 2.46. The fourth-order valence-corrected chi connectivity index (χ4v) is 3.98. The predicted molar refractivity (Wildman–Crippen MR) is 90.3 cm³/mol. The van der Waals surface area contributed by atoms with Crippen LogP contribution in [0, 0.1) is 20.2 Å². The Bertz CT molecular complexity index is 843. The zero-order valence-corrected chi connectivity index (χ0v) is 13.8. The molecule has 6 nitrogen and oxygen atoms in total. The molecular weight excluding hydrogens is 308 g/mol. The molecule has 1 aliphatic rings. The molecule has 124 valence electrons. The molecule has 0 spiro atoms. The van der Waals surface area contributed by atoms with E-state index in [0.29, 0.717) is 0 Å². The van der Waals surface area contributed by atoms with Gasteiger partial charge in [0.15, 0.2) is 0 Å². The van der Waals surface area contributed by atoms with Crippen molar-refractivity contribution in [3.63, 3.8) is 0 Å². The van der Waals surface area contributed by atoms with Gasteiger partial charge >= 0.3 is 0 Å². The highest BCUT2D eigenvalue weighted by atomic mass is 16.6. The number of fused-ring (bicyclic) bond motifs is 1. The molecule has 0 bridgehead atoms. The third kappa shape index (κ3) is 2.35. The fraction of sp³-hybridized carbons (Fsp3) is 0.333. The molecule has 3 rings (SSSR count). The number of rotatable bonds is 3. The molecule has 0 unspecified atom stereocenters. The third-order valence-electron chi connectivity index (χ3n) is 5.05. The van der Waals surface area contributed by atoms with Crippen molar-refractivity contribution in [3.05, 3.63) is 79.4 Å². The normalized spacial score (nSPS) is 21.3. The van der Waals surface area contributed by atoms with Crippen molar-refractivity contribution in [1.29, 1.82) is 0 Å². The van der Waals surface area contributed by atoms with Crippen LogP contribution in [-0.4, -0.2) is 9.85 Å². The van der Waals surface area contributed by atoms with Gasteiger partial charge in [-0.25, -0.2) is 0 Å². The van der Waals surface area contributed by atoms with E-state index in [1.807, 2.05) is 13.0 Å². The first-order valence-corrected chi connectivity index (χ1v) is 7.69. The molecule has 0 heterocycles. The summed E-state index contributed by atoms with van der Waals surface area (Å²) in [6, 6.07) is 11.5. The van der Waals surface area contributed by atoms with E-state index in [1.54, 1.807) is 24.3 Å². The first-order valence-electron chi connectivity index (χ1n) is 7.69. The Morgan fingerprint density at radius 3 is 1.92 bits per heavy atom. The van der Waals surface area contributed by atoms with Gasteiger partial charge < -0.3 is 0 Å². The summed E-state index contributed by atoms with van der Waals surface area (Å²) in [5.41, 5.74) is 2.52. The summed E-state index contributed by atoms with van der Waals surface area (Å²) in [4.78, 5) is 21.2. The van der Waals surface area contributed by atoms with Crippen molar-refractivity contribution in [3.8, 4) is 0 Å². The van der Waals surface area contributed by atoms with Crippen molar-refractivity contribution in [1.82, 2.24) is 0 Å². The maximum atomic E-state index is 11.2. The van der Waals surface area contributed by atoms with Gasteiger partial charge in [0.05, 0.1) is 9.85 Å². The first-order chi connectivity index (χ1) is 11.1. The van der Waals surface area contributed by atoms with Crippen LogP contribution in [0.4, 0.5) is 11.4 Å². The molecule has 0 saturated heterocycles. The summed E-state index contributed by atoms with van der Waals surface area (Å²) in [5, 5.41) is 22.0. The lowest BCUT2D eigenvalue weighted by molar-refractivity contribution is -0.385. The van der Waals surface area contributed by atoms with Crippen molar-refractivity contribution >= 4 is 11.4 Å². The maximum Gasteiger partial charge on any atom is 0.269 e. The topological polar surface area (TPSA) is 86.3 Å². The SMILES string of the molecule is CC1(C)C[C@](C)(c2ccc([N+](=O)[O-])cc2)c2cc([N+](=O)[O-])ccc21. The van der Waals surface area contributed by atoms with Crippen LogP contribution in [0.15, 0.2) is 42.5 Å². The van der Waals surface area contributed by atoms with Crippen LogP contribution >= 0.6 is 0 Å². The van der Waals surface area contributed by atoms with Gasteiger partial charge in [-0.05, 0) is 28.5 Å². The number of nitro benzene ring substituents is 2. The molecule has 0 fully saturated rings. The van der Waals surface area contributed by atoms with Crippen LogP contribution in [0.5, 0.6) is 0 Å². The Morgan fingerprint density at radius 2 is 1.38 bits per heavy atom. The molecule has 0 aliphatic heterocycles. The smallest absolute Gasteiger partial charge is 0.258 e. The Kier molecular flexibility index (Phi) is 3.44. The Labute approximate surface area is 139 Å². The summed E-state index contributed by atoms with van der Waals surface area (Å²) in [7, 11) is 0. The molecule has 0 aromatic heterocycles. The molecule has 0 amide bonds. The lowest BCUT2D eigenvalue weighted by atomic mass is 9.75. The average molecular weight is 326 g/mol. The van der Waals surface area contributed by atoms with E-state index in [2.05, 4.69) is 13.8 Å². The second-order valence-electron chi connectivity index (χ2n) is 7.18. The summed E-state index contributed by atoms with van der Waals surface area (Å²) in [6.45, 7) is 6.29. The van der Waals surface area contributed by atoms with E-state index in [-0.39, 0.29) is 21.7 Å². The first kappa shape index (κ1) is 16.1. The Hall–Kier alpha value is -2.76. The molecule has 2 aromatic rings. The number of benzene rings is 2. The van der Waals surface area contributed by atoms with Gasteiger partial charge in [-0.3, -0.25) is 20.2 Å². The lowest BCUT2D eigenvalue weighted by Crippen LogP contribution is -2.23. The van der Waals surface area contributed by atoms with E-state index in [1.165, 1.54) is 12.1 Å². The Balaban J connectivity index is 2.17. The minimum atomic E-state index is -0.427. The minimum Gasteiger partial charge on any atom is -0.258 e. The van der Waals surface area contributed by atoms with Gasteiger partial charge in [0.2, 0.25) is 0 Å². The zero-order chi connectivity index (χ0) is 17.7. The second-order valence-corrected chi connectivity index (χ2v) is 7.18. The van der Waals surface area contributed by atoms with Crippen LogP contribution in [-0.2, 0) is 10.8 Å². The molecule has 1 aliphatic carbocycles. The monoisotopic (exact) mass is 326 g/mol. The highest BCUT2D eigenvalue weighted by molar-refractivity contribution is 5.56. The zero-order valence-electron chi connectivity index (χ0n) is 13.8. The Morgan fingerprint density at radius 1 is 0.833 bits per heavy atom. The van der Waals surface area contributed by atoms with Crippen LogP contribution in [0.1, 0.15) is 43.9 Å². The van der Waals surface area contributed by atoms with Gasteiger partial charge in [-0.15, -0.1) is 0 Å². The molecule has 1 atom stereocenters. The predicted octanol–water partition coefficient (Wildman–Crippen LogP) is 4.49. The number of nitro groups is 2. The van der Waals surface area contributed by atoms with Crippen molar-refractivity contribution in [2.45, 2.75) is 38.0 Å². The summed E-state index contributed by atoms with van der Waals surface area (Å²) >= 11 is 0. The van der Waals surface area contributed by atoms with Gasteiger partial charge in [0.25, 0.3) is 11.4 Å². The van der Waals surface area contributed by atoms with E-state index in [9.17, 15) is 20.2 Å². The molecule has 2 aromatic carbocycles. The fourth-order valence-electron chi connectivity index (χ4n) is 3.98. The van der Waals surface area contributed by atoms with Crippen LogP contribution in [0.25, 0.3) is 0 Å². The second kappa shape index (κ2) is 5.12. The van der Waals surface area contributed by atoms with E-state index >= 15 is 0 Å². The van der Waals surface area contributed by atoms with Gasteiger partial charge in [-0.1, -0.05) is 39.0 Å². The van der Waals surface area contributed by atoms with Crippen molar-refractivity contribution < 1.29 is 9.85 Å². The van der Waals surface area contributed by atoms with Crippen molar-refractivity contribution in [2.24, 2.45) is 0 Å². The van der Waals surface area contributed by atoms with Crippen LogP contribution in [0.3, 0.4) is 0 Å². The summed E-state index contributed by atoms with van der Waals surface area (Å²) in [6.07, 6.45) is 0.786. The summed E-state index contributed by atoms with van der Waals surface area (Å²) < 4.78 is 0. The molecule has 0 radical (unpaired) electrons. The molecule has 6 heteroatoms. The quantitative estimate of drug-likeness (QED) is 0.614. The van der Waals surface area contributed by atoms with E-state index < -0.39 is 10.3 Å². The lowest BCUT2D eigenvalue weighted by Gasteiger charge is -2.28. The number of nitrogens with zero attached hydrogens (tertiary/aromatic N) is 2. The number of non-ortho nitro benzene ring substituents is 2. The molecule has 0 N–H and O–H groups in total. The minimum absolute atomic E-state index is 0.0406. The van der Waals surface area contributed by atoms with E-state index in [0.717, 1.165) is 23.1 Å². The molecular formula is C18H18N2O4. The van der Waals surface area contributed by atoms with Gasteiger partial charge in [-0.2, -0.15) is 0 Å². The van der Waals surface area contributed by atoms with Crippen LogP contribution < -0.4 is 0 Å². The van der Waals surface area contributed by atoms with Gasteiger partial charge in [0, 0.05) is 29.7 Å². The standard InChI is InChI=1S/C18H18N2O4/c1-17(2)11-18(3,12-4-6-13(7-5-12)19(21)22)16-10-14(20(23)24)8-9-15(16)17/h4-10H,11H2,1-3H3/t18-/m1/s1. The third-order valence-corrected chi connectivity index (χ3v) is 5.05. The largest absolute Gasteiger partial charge is 0.269 e. The maximum absolute atomic E-state index is 11.2. The number of hydrogen-bond acceptors (Lipinski definition) is 4. The van der Waals surface area contributed by atoms with Crippen LogP contribution in [0.2, 0.25) is 0 Å². The average Bonchev–Trinajstić information content (AvgIpc) is 2.74. The molecule has 0 saturated carbocycles.